The number of hydrogen-bond acceptors (Lipinski definition) is 4. The Hall–Kier alpha value is -2.94. The number of aromatic nitrogens is 2. The number of anilines is 1. The largest absolute Gasteiger partial charge is 0.497 e. The number of hydrogen-bond donors (Lipinski definition) is 1. The van der Waals surface area contributed by atoms with Gasteiger partial charge in [-0.1, -0.05) is 11.6 Å². The first-order valence-corrected chi connectivity index (χ1v) is 8.35. The van der Waals surface area contributed by atoms with Gasteiger partial charge in [0.25, 0.3) is 0 Å². The molecule has 0 spiro atoms. The van der Waals surface area contributed by atoms with Gasteiger partial charge in [-0.25, -0.2) is 4.98 Å². The normalized spacial score (nSPS) is 11.5. The number of methoxy groups -OCH3 is 2. The first kappa shape index (κ1) is 19.8. The van der Waals surface area contributed by atoms with Crippen LogP contribution in [0.15, 0.2) is 36.7 Å². The molecule has 0 bridgehead atoms. The Kier molecular flexibility index (Phi) is 5.37. The van der Waals surface area contributed by atoms with Crippen LogP contribution in [0.4, 0.5) is 18.9 Å². The van der Waals surface area contributed by atoms with Crippen LogP contribution >= 0.6 is 11.6 Å². The molecule has 6 nitrogen and oxygen atoms in total. The monoisotopic (exact) mass is 413 g/mol. The molecule has 2 heterocycles. The molecule has 10 heteroatoms. The summed E-state index contributed by atoms with van der Waals surface area (Å²) in [5.41, 5.74) is -0.107. The lowest BCUT2D eigenvalue weighted by molar-refractivity contribution is -0.137. The highest BCUT2D eigenvalue weighted by Crippen LogP contribution is 2.32. The van der Waals surface area contributed by atoms with Crippen LogP contribution in [0.2, 0.25) is 5.02 Å². The van der Waals surface area contributed by atoms with Gasteiger partial charge in [0, 0.05) is 18.5 Å². The molecule has 2 aromatic heterocycles. The number of rotatable bonds is 5. The third-order valence-corrected chi connectivity index (χ3v) is 4.18. The van der Waals surface area contributed by atoms with Gasteiger partial charge in [0.2, 0.25) is 5.91 Å². The Morgan fingerprint density at radius 3 is 2.61 bits per heavy atom. The van der Waals surface area contributed by atoms with E-state index in [2.05, 4.69) is 10.3 Å². The summed E-state index contributed by atoms with van der Waals surface area (Å²) in [6.07, 6.45) is -2.50. The van der Waals surface area contributed by atoms with Crippen LogP contribution in [-0.4, -0.2) is 29.5 Å². The van der Waals surface area contributed by atoms with E-state index in [4.69, 9.17) is 21.1 Å². The zero-order valence-corrected chi connectivity index (χ0v) is 15.6. The standard InChI is InChI=1S/C18H15ClF3N3O3/c1-27-12-3-4-15(28-2)14(7-12)24-16(26)6-11-9-25-8-10(18(20,21)22)5-13(19)17(25)23-11/h3-5,7-9H,6H2,1-2H3,(H,24,26). The molecule has 0 unspecified atom stereocenters. The Morgan fingerprint density at radius 2 is 1.96 bits per heavy atom. The van der Waals surface area contributed by atoms with Crippen molar-refractivity contribution >= 4 is 28.8 Å². The van der Waals surface area contributed by atoms with E-state index in [9.17, 15) is 18.0 Å². The van der Waals surface area contributed by atoms with E-state index in [1.165, 1.54) is 20.4 Å². The molecule has 0 radical (unpaired) electrons. The molecule has 0 fully saturated rings. The Balaban J connectivity index is 1.83. The smallest absolute Gasteiger partial charge is 0.417 e. The fourth-order valence-electron chi connectivity index (χ4n) is 2.62. The maximum atomic E-state index is 12.9. The number of carbonyl (C=O) groups excluding carboxylic acids is 1. The van der Waals surface area contributed by atoms with Crippen LogP contribution in [0.25, 0.3) is 5.65 Å². The van der Waals surface area contributed by atoms with Crippen molar-refractivity contribution in [2.45, 2.75) is 12.6 Å². The molecular formula is C18H15ClF3N3O3. The fraction of sp³-hybridized carbons (Fsp3) is 0.222. The van der Waals surface area contributed by atoms with Gasteiger partial charge in [0.1, 0.15) is 11.5 Å². The van der Waals surface area contributed by atoms with Crippen molar-refractivity contribution in [2.24, 2.45) is 0 Å². The molecule has 0 saturated heterocycles. The maximum absolute atomic E-state index is 12.9. The minimum atomic E-state index is -4.54. The second kappa shape index (κ2) is 7.59. The van der Waals surface area contributed by atoms with Crippen LogP contribution in [0.5, 0.6) is 11.5 Å². The van der Waals surface area contributed by atoms with Gasteiger partial charge in [-0.3, -0.25) is 4.79 Å². The van der Waals surface area contributed by atoms with Crippen LogP contribution in [0.3, 0.4) is 0 Å². The number of fused-ring (bicyclic) bond motifs is 1. The molecule has 0 aliphatic carbocycles. The number of nitrogens with one attached hydrogen (secondary N) is 1. The Labute approximate surface area is 162 Å². The molecule has 1 N–H and O–H groups in total. The number of nitrogens with zero attached hydrogens (tertiary/aromatic N) is 2. The summed E-state index contributed by atoms with van der Waals surface area (Å²) in [4.78, 5) is 16.5. The molecule has 0 saturated carbocycles. The summed E-state index contributed by atoms with van der Waals surface area (Å²) in [6.45, 7) is 0. The van der Waals surface area contributed by atoms with Crippen molar-refractivity contribution in [2.75, 3.05) is 19.5 Å². The third kappa shape index (κ3) is 4.14. The Bertz CT molecular complexity index is 1030. The van der Waals surface area contributed by atoms with Crippen molar-refractivity contribution in [1.29, 1.82) is 0 Å². The first-order chi connectivity index (χ1) is 13.2. The minimum Gasteiger partial charge on any atom is -0.497 e. The molecule has 148 valence electrons. The molecule has 0 atom stereocenters. The highest BCUT2D eigenvalue weighted by Gasteiger charge is 2.32. The van der Waals surface area contributed by atoms with E-state index in [0.717, 1.165) is 16.7 Å². The van der Waals surface area contributed by atoms with Gasteiger partial charge >= 0.3 is 6.18 Å². The number of alkyl halides is 3. The number of imidazole rings is 1. The summed E-state index contributed by atoms with van der Waals surface area (Å²) >= 11 is 5.91. The van der Waals surface area contributed by atoms with Crippen molar-refractivity contribution in [3.05, 3.63) is 52.9 Å². The average molecular weight is 414 g/mol. The minimum absolute atomic E-state index is 0.136. The summed E-state index contributed by atoms with van der Waals surface area (Å²) in [5, 5.41) is 2.52. The number of pyridine rings is 1. The van der Waals surface area contributed by atoms with Gasteiger partial charge in [-0.15, -0.1) is 0 Å². The van der Waals surface area contributed by atoms with Gasteiger partial charge in [0.15, 0.2) is 5.65 Å². The number of ether oxygens (including phenoxy) is 2. The maximum Gasteiger partial charge on any atom is 0.417 e. The lowest BCUT2D eigenvalue weighted by Gasteiger charge is -2.11. The molecule has 28 heavy (non-hydrogen) atoms. The Morgan fingerprint density at radius 1 is 1.21 bits per heavy atom. The summed E-state index contributed by atoms with van der Waals surface area (Å²) in [7, 11) is 2.95. The van der Waals surface area contributed by atoms with Crippen molar-refractivity contribution in [1.82, 2.24) is 9.38 Å². The van der Waals surface area contributed by atoms with E-state index in [-0.39, 0.29) is 22.8 Å². The lowest BCUT2D eigenvalue weighted by atomic mass is 10.2. The molecule has 3 aromatic rings. The van der Waals surface area contributed by atoms with Gasteiger partial charge in [0.05, 0.1) is 42.6 Å². The van der Waals surface area contributed by atoms with Crippen molar-refractivity contribution < 1.29 is 27.4 Å². The van der Waals surface area contributed by atoms with Crippen molar-refractivity contribution in [3.8, 4) is 11.5 Å². The number of benzene rings is 1. The topological polar surface area (TPSA) is 64.9 Å². The van der Waals surface area contributed by atoms with Crippen LogP contribution in [0, 0.1) is 0 Å². The first-order valence-electron chi connectivity index (χ1n) is 7.97. The predicted octanol–water partition coefficient (Wildman–Crippen LogP) is 4.20. The number of carbonyl (C=O) groups is 1. The van der Waals surface area contributed by atoms with E-state index in [1.54, 1.807) is 18.2 Å². The lowest BCUT2D eigenvalue weighted by Crippen LogP contribution is -2.15. The summed E-state index contributed by atoms with van der Waals surface area (Å²) in [6, 6.07) is 5.70. The van der Waals surface area contributed by atoms with E-state index in [1.807, 2.05) is 0 Å². The van der Waals surface area contributed by atoms with E-state index >= 15 is 0 Å². The van der Waals surface area contributed by atoms with Gasteiger partial charge < -0.3 is 19.2 Å². The fourth-order valence-corrected chi connectivity index (χ4v) is 2.88. The van der Waals surface area contributed by atoms with Crippen LogP contribution in [0.1, 0.15) is 11.3 Å². The zero-order valence-electron chi connectivity index (χ0n) is 14.8. The SMILES string of the molecule is COc1ccc(OC)c(NC(=O)Cc2cn3cc(C(F)(F)F)cc(Cl)c3n2)c1. The molecule has 0 aliphatic heterocycles. The van der Waals surface area contributed by atoms with E-state index in [0.29, 0.717) is 17.2 Å². The highest BCUT2D eigenvalue weighted by atomic mass is 35.5. The summed E-state index contributed by atoms with van der Waals surface area (Å²) < 4.78 is 50.2. The predicted molar refractivity (Wildman–Crippen MR) is 97.1 cm³/mol. The number of halogens is 4. The molecule has 0 aliphatic rings. The third-order valence-electron chi connectivity index (χ3n) is 3.91. The molecule has 1 aromatic carbocycles. The van der Waals surface area contributed by atoms with E-state index < -0.39 is 17.6 Å². The van der Waals surface area contributed by atoms with Gasteiger partial charge in [-0.05, 0) is 18.2 Å². The number of amides is 1. The second-order valence-electron chi connectivity index (χ2n) is 5.83. The second-order valence-corrected chi connectivity index (χ2v) is 6.24. The quantitative estimate of drug-likeness (QED) is 0.680. The van der Waals surface area contributed by atoms with Crippen LogP contribution in [-0.2, 0) is 17.4 Å². The highest BCUT2D eigenvalue weighted by molar-refractivity contribution is 6.33. The summed E-state index contributed by atoms with van der Waals surface area (Å²) in [5.74, 6) is 0.527. The van der Waals surface area contributed by atoms with Crippen LogP contribution < -0.4 is 14.8 Å². The van der Waals surface area contributed by atoms with Gasteiger partial charge in [-0.2, -0.15) is 13.2 Å². The molecule has 1 amide bonds. The zero-order chi connectivity index (χ0) is 20.5. The molecule has 3 rings (SSSR count). The molecular weight excluding hydrogens is 399 g/mol. The van der Waals surface area contributed by atoms with Crippen molar-refractivity contribution in [3.63, 3.8) is 0 Å². The average Bonchev–Trinajstić information content (AvgIpc) is 3.03.